The van der Waals surface area contributed by atoms with E-state index in [0.717, 1.165) is 12.1 Å². The molecule has 3 rings (SSSR count). The predicted molar refractivity (Wildman–Crippen MR) is 94.8 cm³/mol. The van der Waals surface area contributed by atoms with Crippen molar-refractivity contribution in [3.05, 3.63) is 48.0 Å². The molecule has 10 heteroatoms. The molecule has 1 amide bonds. The van der Waals surface area contributed by atoms with Crippen LogP contribution in [0.1, 0.15) is 12.5 Å². The molecule has 1 unspecified atom stereocenters. The van der Waals surface area contributed by atoms with Gasteiger partial charge in [0.25, 0.3) is 0 Å². The van der Waals surface area contributed by atoms with E-state index in [2.05, 4.69) is 15.4 Å². The number of rotatable bonds is 5. The van der Waals surface area contributed by atoms with Gasteiger partial charge in [0, 0.05) is 12.7 Å². The smallest absolute Gasteiger partial charge is 0.368 e. The van der Waals surface area contributed by atoms with E-state index in [-0.39, 0.29) is 5.95 Å². The number of anilines is 3. The number of nitrogens with zero attached hydrogens (tertiary/aromatic N) is 4. The van der Waals surface area contributed by atoms with E-state index in [4.69, 9.17) is 5.73 Å². The molecular formula is C17H17F3N6O. The first-order valence-electron chi connectivity index (χ1n) is 7.99. The van der Waals surface area contributed by atoms with Gasteiger partial charge in [-0.1, -0.05) is 6.07 Å². The summed E-state index contributed by atoms with van der Waals surface area (Å²) in [5, 5.41) is 7.19. The zero-order valence-electron chi connectivity index (χ0n) is 14.5. The van der Waals surface area contributed by atoms with Crippen molar-refractivity contribution < 1.29 is 18.0 Å². The second kappa shape index (κ2) is 6.78. The Morgan fingerprint density at radius 1 is 1.22 bits per heavy atom. The summed E-state index contributed by atoms with van der Waals surface area (Å²) in [4.78, 5) is 17.4. The lowest BCUT2D eigenvalue weighted by Gasteiger charge is -2.24. The number of amides is 1. The maximum absolute atomic E-state index is 12.6. The Kier molecular flexibility index (Phi) is 4.64. The molecule has 2 aromatic heterocycles. The van der Waals surface area contributed by atoms with E-state index in [1.54, 1.807) is 37.1 Å². The summed E-state index contributed by atoms with van der Waals surface area (Å²) < 4.78 is 39.4. The molecule has 0 spiro atoms. The molecule has 0 aliphatic rings. The molecular weight excluding hydrogens is 361 g/mol. The third kappa shape index (κ3) is 3.78. The molecule has 1 aromatic carbocycles. The van der Waals surface area contributed by atoms with Crippen molar-refractivity contribution in [1.82, 2.24) is 14.6 Å². The van der Waals surface area contributed by atoms with Crippen LogP contribution in [0.2, 0.25) is 0 Å². The maximum Gasteiger partial charge on any atom is 0.416 e. The van der Waals surface area contributed by atoms with Gasteiger partial charge in [-0.15, -0.1) is 5.10 Å². The van der Waals surface area contributed by atoms with Crippen LogP contribution in [0.3, 0.4) is 0 Å². The van der Waals surface area contributed by atoms with Crippen LogP contribution in [0.4, 0.5) is 30.6 Å². The third-order valence-corrected chi connectivity index (χ3v) is 4.16. The fourth-order valence-corrected chi connectivity index (χ4v) is 2.47. The van der Waals surface area contributed by atoms with E-state index in [1.807, 2.05) is 0 Å². The molecule has 0 aliphatic heterocycles. The van der Waals surface area contributed by atoms with Crippen LogP contribution in [-0.4, -0.2) is 33.6 Å². The van der Waals surface area contributed by atoms with Crippen molar-refractivity contribution in [2.75, 3.05) is 17.3 Å². The summed E-state index contributed by atoms with van der Waals surface area (Å²) in [7, 11) is 1.70. The van der Waals surface area contributed by atoms with Crippen molar-refractivity contribution in [3.63, 3.8) is 0 Å². The van der Waals surface area contributed by atoms with Crippen LogP contribution in [-0.2, 0) is 11.0 Å². The molecule has 0 fully saturated rings. The average Bonchev–Trinajstić information content (AvgIpc) is 3.02. The van der Waals surface area contributed by atoms with Crippen molar-refractivity contribution >= 4 is 29.0 Å². The van der Waals surface area contributed by atoms with Crippen molar-refractivity contribution in [2.24, 2.45) is 5.73 Å². The van der Waals surface area contributed by atoms with Crippen LogP contribution < -0.4 is 16.0 Å². The second-order valence-corrected chi connectivity index (χ2v) is 5.98. The fraction of sp³-hybridized carbons (Fsp3) is 0.235. The van der Waals surface area contributed by atoms with Gasteiger partial charge in [0.15, 0.2) is 5.65 Å². The zero-order chi connectivity index (χ0) is 19.8. The number of carbonyl (C=O) groups excluding carboxylic acids is 1. The minimum absolute atomic E-state index is 0.210. The molecule has 27 heavy (non-hydrogen) atoms. The minimum atomic E-state index is -4.39. The summed E-state index contributed by atoms with van der Waals surface area (Å²) in [6.45, 7) is 1.67. The molecule has 0 saturated carbocycles. The Hall–Kier alpha value is -3.30. The Bertz CT molecular complexity index is 967. The quantitative estimate of drug-likeness (QED) is 0.713. The first kappa shape index (κ1) is 18.5. The minimum Gasteiger partial charge on any atom is -0.368 e. The second-order valence-electron chi connectivity index (χ2n) is 5.98. The number of likely N-dealkylation sites (N-methyl/N-ethyl adjacent to an activating group) is 1. The van der Waals surface area contributed by atoms with Crippen LogP contribution in [0, 0.1) is 0 Å². The molecule has 0 aliphatic carbocycles. The first-order valence-corrected chi connectivity index (χ1v) is 7.99. The van der Waals surface area contributed by atoms with Gasteiger partial charge in [-0.2, -0.15) is 22.7 Å². The molecule has 2 heterocycles. The normalized spacial score (nSPS) is 12.8. The largest absolute Gasteiger partial charge is 0.416 e. The Morgan fingerprint density at radius 3 is 2.48 bits per heavy atom. The maximum atomic E-state index is 12.6. The lowest BCUT2D eigenvalue weighted by atomic mass is 10.2. The third-order valence-electron chi connectivity index (χ3n) is 4.16. The van der Waals surface area contributed by atoms with Crippen molar-refractivity contribution in [2.45, 2.75) is 19.1 Å². The highest BCUT2D eigenvalue weighted by Crippen LogP contribution is 2.30. The number of carbonyl (C=O) groups is 1. The van der Waals surface area contributed by atoms with Crippen molar-refractivity contribution in [3.8, 4) is 0 Å². The first-order chi connectivity index (χ1) is 12.7. The number of primary amides is 1. The van der Waals surface area contributed by atoms with Gasteiger partial charge in [0.05, 0.1) is 5.56 Å². The highest BCUT2D eigenvalue weighted by atomic mass is 19.4. The number of aromatic nitrogens is 3. The van der Waals surface area contributed by atoms with Crippen LogP contribution >= 0.6 is 0 Å². The van der Waals surface area contributed by atoms with Gasteiger partial charge in [-0.05, 0) is 43.3 Å². The Balaban J connectivity index is 1.89. The standard InChI is InChI=1S/C17H17F3N6O/c1-10(15(21)27)25(2)14-5-3-4-13-23-16(24-26(13)14)22-12-8-6-11(7-9-12)17(18,19)20/h3-10H,1-2H3,(H2,21,27)(H,22,24). The number of nitrogens with two attached hydrogens (primary N) is 1. The number of alkyl halides is 3. The number of benzene rings is 1. The molecule has 3 aromatic rings. The van der Waals surface area contributed by atoms with E-state index < -0.39 is 23.7 Å². The van der Waals surface area contributed by atoms with Gasteiger partial charge < -0.3 is 16.0 Å². The number of hydrogen-bond acceptors (Lipinski definition) is 5. The van der Waals surface area contributed by atoms with E-state index >= 15 is 0 Å². The molecule has 3 N–H and O–H groups in total. The Morgan fingerprint density at radius 2 is 1.89 bits per heavy atom. The molecule has 0 bridgehead atoms. The highest BCUT2D eigenvalue weighted by molar-refractivity contribution is 5.82. The van der Waals surface area contributed by atoms with Gasteiger partial charge in [-0.3, -0.25) is 4.79 Å². The molecule has 142 valence electrons. The van der Waals surface area contributed by atoms with Crippen LogP contribution in [0.5, 0.6) is 0 Å². The summed E-state index contributed by atoms with van der Waals surface area (Å²) >= 11 is 0. The van der Waals surface area contributed by atoms with Crippen LogP contribution in [0.15, 0.2) is 42.5 Å². The number of hydrogen-bond donors (Lipinski definition) is 2. The van der Waals surface area contributed by atoms with Gasteiger partial charge in [0.1, 0.15) is 11.9 Å². The predicted octanol–water partition coefficient (Wildman–Crippen LogP) is 2.80. The number of fused-ring (bicyclic) bond motifs is 1. The number of pyridine rings is 1. The van der Waals surface area contributed by atoms with E-state index in [0.29, 0.717) is 17.2 Å². The summed E-state index contributed by atoms with van der Waals surface area (Å²) in [5.41, 5.74) is 5.54. The lowest BCUT2D eigenvalue weighted by molar-refractivity contribution is -0.137. The number of halogens is 3. The van der Waals surface area contributed by atoms with E-state index in [1.165, 1.54) is 16.6 Å². The molecule has 0 saturated heterocycles. The molecule has 7 nitrogen and oxygen atoms in total. The fourth-order valence-electron chi connectivity index (χ4n) is 2.47. The van der Waals surface area contributed by atoms with Gasteiger partial charge in [-0.25, -0.2) is 0 Å². The Labute approximate surface area is 152 Å². The van der Waals surface area contributed by atoms with Gasteiger partial charge >= 0.3 is 6.18 Å². The SMILES string of the molecule is CC(C(N)=O)N(C)c1cccc2nc(Nc3ccc(C(F)(F)F)cc3)nn12. The summed E-state index contributed by atoms with van der Waals surface area (Å²) in [5.74, 6) is 0.312. The molecule has 0 radical (unpaired) electrons. The topological polar surface area (TPSA) is 88.5 Å². The molecule has 1 atom stereocenters. The van der Waals surface area contributed by atoms with Gasteiger partial charge in [0.2, 0.25) is 11.9 Å². The lowest BCUT2D eigenvalue weighted by Crippen LogP contribution is -2.41. The van der Waals surface area contributed by atoms with Crippen LogP contribution in [0.25, 0.3) is 5.65 Å². The highest BCUT2D eigenvalue weighted by Gasteiger charge is 2.30. The summed E-state index contributed by atoms with van der Waals surface area (Å²) in [6, 6.07) is 9.22. The monoisotopic (exact) mass is 378 g/mol. The number of nitrogens with one attached hydrogen (secondary N) is 1. The average molecular weight is 378 g/mol. The van der Waals surface area contributed by atoms with Crippen molar-refractivity contribution in [1.29, 1.82) is 0 Å². The van der Waals surface area contributed by atoms with E-state index in [9.17, 15) is 18.0 Å². The summed E-state index contributed by atoms with van der Waals surface area (Å²) in [6.07, 6.45) is -4.39. The zero-order valence-corrected chi connectivity index (χ0v) is 14.5.